The number of rotatable bonds is 1. The van der Waals surface area contributed by atoms with Crippen LogP contribution in [0.5, 0.6) is 0 Å². The van der Waals surface area contributed by atoms with Gasteiger partial charge in [-0.15, -0.1) is 0 Å². The summed E-state index contributed by atoms with van der Waals surface area (Å²) < 4.78 is 203. The van der Waals surface area contributed by atoms with Gasteiger partial charge in [0, 0.05) is 17.6 Å². The van der Waals surface area contributed by atoms with Crippen molar-refractivity contribution in [3.63, 3.8) is 0 Å². The molecule has 0 saturated carbocycles. The van der Waals surface area contributed by atoms with E-state index in [1.165, 1.54) is 0 Å². The van der Waals surface area contributed by atoms with E-state index in [0.29, 0.717) is 0 Å². The Balaban J connectivity index is 4.11. The lowest BCUT2D eigenvalue weighted by Gasteiger charge is -2.52. The zero-order valence-electron chi connectivity index (χ0n) is 11.3. The quantitative estimate of drug-likeness (QED) is 0.347. The summed E-state index contributed by atoms with van der Waals surface area (Å²) in [6.45, 7) is 0. The van der Waals surface area contributed by atoms with E-state index >= 15 is 0 Å². The molecule has 1 aliphatic carbocycles. The van der Waals surface area contributed by atoms with E-state index in [1.54, 1.807) is 0 Å². The molecule has 0 unspecified atom stereocenters. The van der Waals surface area contributed by atoms with Gasteiger partial charge in [0.2, 0.25) is 0 Å². The average molecular weight is 426 g/mol. The van der Waals surface area contributed by atoms with Gasteiger partial charge >= 0.3 is 36.6 Å². The van der Waals surface area contributed by atoms with E-state index < -0.39 is 59.5 Å². The fourth-order valence-electron chi connectivity index (χ4n) is 2.43. The van der Waals surface area contributed by atoms with Crippen LogP contribution in [0.1, 0.15) is 6.42 Å². The minimum atomic E-state index is -7.60. The Morgan fingerprint density at radius 3 is 1.04 bits per heavy atom. The van der Waals surface area contributed by atoms with Gasteiger partial charge in [0.25, 0.3) is 0 Å². The Bertz CT molecular complexity index is 559. The molecule has 0 aromatic heterocycles. The molecule has 0 nitrogen and oxygen atoms in total. The summed E-state index contributed by atoms with van der Waals surface area (Å²) >= 11 is 0. The Kier molecular flexibility index (Phi) is 4.64. The van der Waals surface area contributed by atoms with Crippen molar-refractivity contribution >= 4 is 0 Å². The molecule has 0 N–H and O–H groups in total. The molecule has 0 aromatic rings. The van der Waals surface area contributed by atoms with E-state index in [9.17, 15) is 70.2 Å². The van der Waals surface area contributed by atoms with Crippen molar-refractivity contribution in [2.24, 2.45) is 5.41 Å². The fraction of sp³-hybridized carbons (Fsp3) is 0.800. The van der Waals surface area contributed by atoms with Crippen LogP contribution in [-0.4, -0.2) is 36.6 Å². The van der Waals surface area contributed by atoms with Gasteiger partial charge in [0.15, 0.2) is 5.41 Å². The molecule has 0 heterocycles. The molecule has 0 saturated heterocycles. The third-order valence-electron chi connectivity index (χ3n) is 3.61. The third-order valence-corrected chi connectivity index (χ3v) is 3.61. The first-order chi connectivity index (χ1) is 11.0. The molecule has 0 fully saturated rings. The van der Waals surface area contributed by atoms with Gasteiger partial charge in [-0.3, -0.25) is 0 Å². The molecule has 1 rings (SSSR count). The van der Waals surface area contributed by atoms with Crippen molar-refractivity contribution in [3.8, 4) is 0 Å². The van der Waals surface area contributed by atoms with Gasteiger partial charge < -0.3 is 0 Å². The van der Waals surface area contributed by atoms with E-state index in [1.807, 2.05) is 0 Å². The Morgan fingerprint density at radius 2 is 0.846 bits per heavy atom. The Morgan fingerprint density at radius 1 is 0.538 bits per heavy atom. The maximum Gasteiger partial charge on any atom is 0.435 e. The van der Waals surface area contributed by atoms with Crippen LogP contribution >= 0.6 is 0 Å². The molecular formula is C10H2F16. The Hall–Kier alpha value is -1.38. The smallest absolute Gasteiger partial charge is 0.218 e. The monoisotopic (exact) mass is 426 g/mol. The number of alkyl halides is 16. The minimum Gasteiger partial charge on any atom is -0.218 e. The second-order valence-electron chi connectivity index (χ2n) is 5.08. The first kappa shape index (κ1) is 22.7. The van der Waals surface area contributed by atoms with Crippen molar-refractivity contribution < 1.29 is 70.2 Å². The Labute approximate surface area is 131 Å². The van der Waals surface area contributed by atoms with Crippen LogP contribution in [0, 0.1) is 5.41 Å². The largest absolute Gasteiger partial charge is 0.435 e. The SMILES string of the molecule is FC(F)(F)C1=C(C(F)(C(F)(F)F)C(F)(F)F)C(C(F)(F)F)(C(F)(F)F)C1. The first-order valence-corrected chi connectivity index (χ1v) is 5.73. The summed E-state index contributed by atoms with van der Waals surface area (Å²) in [5.74, 6) is 0. The maximum absolute atomic E-state index is 13.8. The molecule has 0 atom stereocenters. The molecule has 0 aliphatic heterocycles. The van der Waals surface area contributed by atoms with Crippen molar-refractivity contribution in [3.05, 3.63) is 11.1 Å². The average Bonchev–Trinajstić information content (AvgIpc) is 2.17. The second kappa shape index (κ2) is 5.33. The van der Waals surface area contributed by atoms with Crippen LogP contribution in [-0.2, 0) is 0 Å². The lowest BCUT2D eigenvalue weighted by molar-refractivity contribution is -0.375. The van der Waals surface area contributed by atoms with Gasteiger partial charge in [-0.25, -0.2) is 4.39 Å². The van der Waals surface area contributed by atoms with Crippen LogP contribution in [0.15, 0.2) is 11.1 Å². The molecule has 1 aliphatic rings. The molecule has 154 valence electrons. The zero-order valence-corrected chi connectivity index (χ0v) is 11.3. The summed E-state index contributed by atoms with van der Waals surface area (Å²) in [6, 6.07) is 0. The highest BCUT2D eigenvalue weighted by Crippen LogP contribution is 2.73. The minimum absolute atomic E-state index is 3.38. The molecule has 26 heavy (non-hydrogen) atoms. The number of hydrogen-bond acceptors (Lipinski definition) is 0. The predicted molar refractivity (Wildman–Crippen MR) is 48.2 cm³/mol. The molecule has 0 aromatic carbocycles. The summed E-state index contributed by atoms with van der Waals surface area (Å²) in [6.07, 6.45) is -39.4. The van der Waals surface area contributed by atoms with Gasteiger partial charge in [0.05, 0.1) is 0 Å². The number of allylic oxidation sites excluding steroid dienone is 2. The first-order valence-electron chi connectivity index (χ1n) is 5.73. The van der Waals surface area contributed by atoms with Crippen molar-refractivity contribution in [1.29, 1.82) is 0 Å². The van der Waals surface area contributed by atoms with Crippen LogP contribution < -0.4 is 0 Å². The van der Waals surface area contributed by atoms with Crippen molar-refractivity contribution in [2.45, 2.75) is 43.0 Å². The molecular weight excluding hydrogens is 424 g/mol. The topological polar surface area (TPSA) is 0 Å². The summed E-state index contributed by atoms with van der Waals surface area (Å²) in [5, 5.41) is 0. The van der Waals surface area contributed by atoms with Crippen molar-refractivity contribution in [1.82, 2.24) is 0 Å². The summed E-state index contributed by atoms with van der Waals surface area (Å²) in [7, 11) is 0. The number of halogens is 16. The number of hydrogen-bond donors (Lipinski definition) is 0. The molecule has 0 bridgehead atoms. The van der Waals surface area contributed by atoms with Gasteiger partial charge in [-0.1, -0.05) is 0 Å². The molecule has 0 spiro atoms. The lowest BCUT2D eigenvalue weighted by atomic mass is 9.57. The molecule has 0 radical (unpaired) electrons. The van der Waals surface area contributed by atoms with E-state index in [4.69, 9.17) is 0 Å². The van der Waals surface area contributed by atoms with E-state index in [-0.39, 0.29) is 0 Å². The van der Waals surface area contributed by atoms with Crippen LogP contribution in [0.25, 0.3) is 0 Å². The third kappa shape index (κ3) is 2.78. The fourth-order valence-corrected chi connectivity index (χ4v) is 2.43. The van der Waals surface area contributed by atoms with E-state index in [0.717, 1.165) is 0 Å². The van der Waals surface area contributed by atoms with Crippen LogP contribution in [0.4, 0.5) is 70.2 Å². The van der Waals surface area contributed by atoms with Gasteiger partial charge in [0.1, 0.15) is 0 Å². The van der Waals surface area contributed by atoms with Crippen LogP contribution in [0.3, 0.4) is 0 Å². The van der Waals surface area contributed by atoms with Gasteiger partial charge in [-0.2, -0.15) is 65.9 Å². The van der Waals surface area contributed by atoms with Gasteiger partial charge in [-0.05, 0) is 0 Å². The van der Waals surface area contributed by atoms with Crippen LogP contribution in [0.2, 0.25) is 0 Å². The standard InChI is InChI=1S/C10H2F16/c11-5(9(21,22)23,10(24,25)26)3-2(6(12,13)14)1-4(3,7(15,16)17)8(18,19)20/h1H2. The van der Waals surface area contributed by atoms with E-state index in [2.05, 4.69) is 0 Å². The maximum atomic E-state index is 13.8. The highest BCUT2D eigenvalue weighted by molar-refractivity contribution is 5.49. The normalized spacial score (nSPS) is 20.3. The highest BCUT2D eigenvalue weighted by atomic mass is 19.4. The lowest BCUT2D eigenvalue weighted by Crippen LogP contribution is -2.68. The predicted octanol–water partition coefficient (Wildman–Crippen LogP) is 6.19. The summed E-state index contributed by atoms with van der Waals surface area (Å²) in [4.78, 5) is 0. The molecule has 16 heteroatoms. The second-order valence-corrected chi connectivity index (χ2v) is 5.08. The zero-order chi connectivity index (χ0) is 21.4. The summed E-state index contributed by atoms with van der Waals surface area (Å²) in [5.41, 5.74) is -21.9. The van der Waals surface area contributed by atoms with Crippen molar-refractivity contribution in [2.75, 3.05) is 0 Å². The highest BCUT2D eigenvalue weighted by Gasteiger charge is 2.89. The molecule has 0 amide bonds.